The molecule has 1 N–H and O–H groups in total. The van der Waals surface area contributed by atoms with Crippen LogP contribution in [0.25, 0.3) is 0 Å². The van der Waals surface area contributed by atoms with Crippen molar-refractivity contribution < 1.29 is 14.0 Å². The largest absolute Gasteiger partial charge is 0.352 e. The molecule has 0 saturated carbocycles. The van der Waals surface area contributed by atoms with Gasteiger partial charge in [0.2, 0.25) is 11.8 Å². The second-order valence-corrected chi connectivity index (χ2v) is 8.16. The summed E-state index contributed by atoms with van der Waals surface area (Å²) < 4.78 is 13.8. The highest BCUT2D eigenvalue weighted by atomic mass is 32.2. The van der Waals surface area contributed by atoms with Gasteiger partial charge in [-0.1, -0.05) is 55.5 Å². The zero-order chi connectivity index (χ0) is 21.2. The zero-order valence-electron chi connectivity index (χ0n) is 17.2. The summed E-state index contributed by atoms with van der Waals surface area (Å²) in [5, 5.41) is 2.92. The van der Waals surface area contributed by atoms with Gasteiger partial charge in [0.05, 0.1) is 5.75 Å². The summed E-state index contributed by atoms with van der Waals surface area (Å²) in [7, 11) is 0. The van der Waals surface area contributed by atoms with Gasteiger partial charge in [-0.15, -0.1) is 11.8 Å². The van der Waals surface area contributed by atoms with E-state index in [2.05, 4.69) is 5.32 Å². The van der Waals surface area contributed by atoms with Gasteiger partial charge in [0.25, 0.3) is 0 Å². The number of carbonyl (C=O) groups is 2. The summed E-state index contributed by atoms with van der Waals surface area (Å²) in [6.07, 6.45) is 0.523. The molecule has 0 radical (unpaired) electrons. The fourth-order valence-electron chi connectivity index (χ4n) is 3.03. The fraction of sp³-hybridized carbons (Fsp3) is 0.391. The summed E-state index contributed by atoms with van der Waals surface area (Å²) in [4.78, 5) is 27.4. The van der Waals surface area contributed by atoms with Crippen molar-refractivity contribution in [2.75, 3.05) is 5.75 Å². The van der Waals surface area contributed by atoms with E-state index < -0.39 is 6.04 Å². The molecule has 0 aliphatic carbocycles. The SMILES string of the molecule is CCC(C(=O)NC(C)C)N(Cc1ccccc1)C(=O)CSCc1ccccc1F. The molecule has 1 atom stereocenters. The van der Waals surface area contributed by atoms with E-state index in [0.717, 1.165) is 5.56 Å². The van der Waals surface area contributed by atoms with Gasteiger partial charge in [-0.05, 0) is 37.5 Å². The Morgan fingerprint density at radius 3 is 2.34 bits per heavy atom. The van der Waals surface area contributed by atoms with Crippen LogP contribution in [0.2, 0.25) is 0 Å². The molecule has 6 heteroatoms. The zero-order valence-corrected chi connectivity index (χ0v) is 18.0. The lowest BCUT2D eigenvalue weighted by molar-refractivity contribution is -0.139. The quantitative estimate of drug-likeness (QED) is 0.625. The summed E-state index contributed by atoms with van der Waals surface area (Å²) in [5.41, 5.74) is 1.54. The summed E-state index contributed by atoms with van der Waals surface area (Å²) >= 11 is 1.36. The van der Waals surface area contributed by atoms with Crippen LogP contribution < -0.4 is 5.32 Å². The molecule has 0 heterocycles. The molecule has 0 spiro atoms. The maximum Gasteiger partial charge on any atom is 0.243 e. The van der Waals surface area contributed by atoms with E-state index in [4.69, 9.17) is 0 Å². The molecular formula is C23H29FN2O2S. The third-order valence-corrected chi connectivity index (χ3v) is 5.42. The first-order valence-corrected chi connectivity index (χ1v) is 11.0. The van der Waals surface area contributed by atoms with Gasteiger partial charge in [-0.3, -0.25) is 9.59 Å². The molecule has 2 aromatic carbocycles. The van der Waals surface area contributed by atoms with Crippen LogP contribution in [0.1, 0.15) is 38.3 Å². The maximum absolute atomic E-state index is 13.8. The Kier molecular flexibility index (Phi) is 9.19. The van der Waals surface area contributed by atoms with E-state index in [0.29, 0.717) is 24.3 Å². The van der Waals surface area contributed by atoms with Gasteiger partial charge in [0.1, 0.15) is 11.9 Å². The molecule has 0 bridgehead atoms. The predicted octanol–water partition coefficient (Wildman–Crippen LogP) is 4.39. The molecule has 4 nitrogen and oxygen atoms in total. The van der Waals surface area contributed by atoms with Crippen LogP contribution in [0.15, 0.2) is 54.6 Å². The van der Waals surface area contributed by atoms with Crippen molar-refractivity contribution in [2.24, 2.45) is 0 Å². The number of benzene rings is 2. The van der Waals surface area contributed by atoms with Crippen LogP contribution in [-0.2, 0) is 21.9 Å². The number of halogens is 1. The van der Waals surface area contributed by atoms with Gasteiger partial charge in [0.15, 0.2) is 0 Å². The Hall–Kier alpha value is -2.34. The monoisotopic (exact) mass is 416 g/mol. The molecule has 0 saturated heterocycles. The molecule has 156 valence electrons. The normalized spacial score (nSPS) is 11.9. The number of nitrogens with one attached hydrogen (secondary N) is 1. The highest BCUT2D eigenvalue weighted by molar-refractivity contribution is 7.99. The van der Waals surface area contributed by atoms with Crippen molar-refractivity contribution in [3.63, 3.8) is 0 Å². The minimum atomic E-state index is -0.542. The molecule has 2 amide bonds. The number of hydrogen-bond donors (Lipinski definition) is 1. The van der Waals surface area contributed by atoms with E-state index in [-0.39, 0.29) is 29.4 Å². The molecule has 2 rings (SSSR count). The number of thioether (sulfide) groups is 1. The topological polar surface area (TPSA) is 49.4 Å². The first-order chi connectivity index (χ1) is 13.9. The van der Waals surface area contributed by atoms with Gasteiger partial charge in [-0.25, -0.2) is 4.39 Å². The Morgan fingerprint density at radius 2 is 1.72 bits per heavy atom. The number of carbonyl (C=O) groups excluding carboxylic acids is 2. The van der Waals surface area contributed by atoms with Crippen LogP contribution in [0, 0.1) is 5.82 Å². The van der Waals surface area contributed by atoms with E-state index in [1.165, 1.54) is 17.8 Å². The number of rotatable bonds is 10. The van der Waals surface area contributed by atoms with Crippen LogP contribution in [0.4, 0.5) is 4.39 Å². The Balaban J connectivity index is 2.11. The number of nitrogens with zero attached hydrogens (tertiary/aromatic N) is 1. The van der Waals surface area contributed by atoms with Crippen LogP contribution in [0.3, 0.4) is 0 Å². The minimum Gasteiger partial charge on any atom is -0.352 e. The lowest BCUT2D eigenvalue weighted by atomic mass is 10.1. The molecule has 1 unspecified atom stereocenters. The van der Waals surface area contributed by atoms with Crippen molar-refractivity contribution in [2.45, 2.75) is 51.6 Å². The second-order valence-electron chi connectivity index (χ2n) is 7.18. The standard InChI is InChI=1S/C23H29FN2O2S/c1-4-21(23(28)25-17(2)3)26(14-18-10-6-5-7-11-18)22(27)16-29-15-19-12-8-9-13-20(19)24/h5-13,17,21H,4,14-16H2,1-3H3,(H,25,28). The van der Waals surface area contributed by atoms with Crippen LogP contribution >= 0.6 is 11.8 Å². The molecule has 0 aromatic heterocycles. The first-order valence-electron chi connectivity index (χ1n) is 9.87. The second kappa shape index (κ2) is 11.6. The van der Waals surface area contributed by atoms with Crippen molar-refractivity contribution in [3.05, 3.63) is 71.5 Å². The van der Waals surface area contributed by atoms with E-state index in [1.54, 1.807) is 23.1 Å². The molecule has 0 aliphatic rings. The lowest BCUT2D eigenvalue weighted by Gasteiger charge is -2.31. The summed E-state index contributed by atoms with van der Waals surface area (Å²) in [6.45, 7) is 6.07. The van der Waals surface area contributed by atoms with Crippen molar-refractivity contribution in [1.29, 1.82) is 0 Å². The minimum absolute atomic E-state index is 0.000609. The van der Waals surface area contributed by atoms with Crippen molar-refractivity contribution in [1.82, 2.24) is 10.2 Å². The average molecular weight is 417 g/mol. The van der Waals surface area contributed by atoms with E-state index >= 15 is 0 Å². The smallest absolute Gasteiger partial charge is 0.243 e. The van der Waals surface area contributed by atoms with E-state index in [1.807, 2.05) is 51.1 Å². The highest BCUT2D eigenvalue weighted by Gasteiger charge is 2.28. The number of amides is 2. The molecule has 2 aromatic rings. The predicted molar refractivity (Wildman–Crippen MR) is 117 cm³/mol. The molecule has 0 fully saturated rings. The van der Waals surface area contributed by atoms with Gasteiger partial charge in [0, 0.05) is 18.3 Å². The first kappa shape index (κ1) is 22.9. The van der Waals surface area contributed by atoms with Gasteiger partial charge < -0.3 is 10.2 Å². The molecular weight excluding hydrogens is 387 g/mol. The fourth-order valence-corrected chi connectivity index (χ4v) is 3.92. The third kappa shape index (κ3) is 7.20. The summed E-state index contributed by atoms with van der Waals surface area (Å²) in [6, 6.07) is 15.7. The van der Waals surface area contributed by atoms with Gasteiger partial charge >= 0.3 is 0 Å². The van der Waals surface area contributed by atoms with Crippen molar-refractivity contribution in [3.8, 4) is 0 Å². The Bertz CT molecular complexity index is 798. The van der Waals surface area contributed by atoms with Crippen molar-refractivity contribution >= 4 is 23.6 Å². The number of hydrogen-bond acceptors (Lipinski definition) is 3. The molecule has 29 heavy (non-hydrogen) atoms. The summed E-state index contributed by atoms with van der Waals surface area (Å²) in [5.74, 6) is 0.0577. The third-order valence-electron chi connectivity index (χ3n) is 4.45. The van der Waals surface area contributed by atoms with Crippen LogP contribution in [-0.4, -0.2) is 34.6 Å². The Morgan fingerprint density at radius 1 is 1.07 bits per heavy atom. The van der Waals surface area contributed by atoms with E-state index in [9.17, 15) is 14.0 Å². The highest BCUT2D eigenvalue weighted by Crippen LogP contribution is 2.18. The lowest BCUT2D eigenvalue weighted by Crippen LogP contribution is -2.50. The molecule has 0 aliphatic heterocycles. The maximum atomic E-state index is 13.8. The average Bonchev–Trinajstić information content (AvgIpc) is 2.69. The van der Waals surface area contributed by atoms with Gasteiger partial charge in [-0.2, -0.15) is 0 Å². The van der Waals surface area contributed by atoms with Crippen LogP contribution in [0.5, 0.6) is 0 Å². The Labute approximate surface area is 176 Å².